The van der Waals surface area contributed by atoms with Gasteiger partial charge in [0, 0.05) is 42.9 Å². The van der Waals surface area contributed by atoms with E-state index in [2.05, 4.69) is 37.7 Å². The van der Waals surface area contributed by atoms with Crippen LogP contribution in [-0.4, -0.2) is 64.4 Å². The quantitative estimate of drug-likeness (QED) is 0.570. The summed E-state index contributed by atoms with van der Waals surface area (Å²) in [4.78, 5) is 35.3. The van der Waals surface area contributed by atoms with E-state index in [-0.39, 0.29) is 11.9 Å². The Bertz CT molecular complexity index is 1040. The largest absolute Gasteiger partial charge is 0.626 e. The molecule has 4 rings (SSSR count). The standard InChI is InChI=1S/C29H40N4O3/c1-5-9-22-18-24(31(4)20(2)3)12-13-26(22)32-17-15-27(29(32)35)33(36)28(34)23-14-16-30-25(19-23)21-10-7-6-8-11-21/h6-8,10-11,14,16,19-20,22,24,26-27,33H,5,9,12-13,15,17-18H2,1-4H3/t22-,24-,26+,27+/m1/s1. The normalized spacial score (nSPS) is 25.5. The number of quaternary nitrogens is 1. The molecular formula is C29H40N4O3. The number of benzene rings is 1. The SMILES string of the molecule is CCC[C@@H]1C[C@H](N(C)C(C)C)CC[C@@H]1N1CC[C@H]([NH+]([O-])C(=O)c2ccnc(-c3ccccc3)c2)C1=O. The maximum Gasteiger partial charge on any atom is 0.344 e. The van der Waals surface area contributed by atoms with E-state index in [1.807, 2.05) is 35.2 Å². The summed E-state index contributed by atoms with van der Waals surface area (Å²) >= 11 is 0. The van der Waals surface area contributed by atoms with Gasteiger partial charge >= 0.3 is 5.91 Å². The van der Waals surface area contributed by atoms with Crippen LogP contribution >= 0.6 is 0 Å². The minimum Gasteiger partial charge on any atom is -0.626 e. The molecule has 1 aromatic heterocycles. The summed E-state index contributed by atoms with van der Waals surface area (Å²) in [5.74, 6) is -0.327. The van der Waals surface area contributed by atoms with E-state index in [9.17, 15) is 14.8 Å². The monoisotopic (exact) mass is 492 g/mol. The Kier molecular flexibility index (Phi) is 8.54. The molecule has 0 spiro atoms. The number of pyridine rings is 1. The molecule has 1 aliphatic heterocycles. The fourth-order valence-electron chi connectivity index (χ4n) is 6.02. The molecule has 2 heterocycles. The number of aromatic nitrogens is 1. The molecule has 1 N–H and O–H groups in total. The third-order valence-corrected chi connectivity index (χ3v) is 8.24. The summed E-state index contributed by atoms with van der Waals surface area (Å²) in [5.41, 5.74) is 1.81. The summed E-state index contributed by atoms with van der Waals surface area (Å²) in [6.45, 7) is 7.21. The van der Waals surface area contributed by atoms with Crippen molar-refractivity contribution in [2.24, 2.45) is 5.92 Å². The zero-order valence-electron chi connectivity index (χ0n) is 22.0. The van der Waals surface area contributed by atoms with Crippen molar-refractivity contribution in [3.8, 4) is 11.3 Å². The summed E-state index contributed by atoms with van der Waals surface area (Å²) in [6.07, 6.45) is 7.21. The van der Waals surface area contributed by atoms with Crippen molar-refractivity contribution in [3.05, 3.63) is 59.4 Å². The van der Waals surface area contributed by atoms with Gasteiger partial charge in [-0.25, -0.2) is 4.79 Å². The van der Waals surface area contributed by atoms with Crippen LogP contribution in [0.2, 0.25) is 0 Å². The number of amides is 2. The van der Waals surface area contributed by atoms with E-state index >= 15 is 0 Å². The molecular weight excluding hydrogens is 452 g/mol. The van der Waals surface area contributed by atoms with Crippen molar-refractivity contribution in [3.63, 3.8) is 0 Å². The van der Waals surface area contributed by atoms with Crippen molar-refractivity contribution in [1.82, 2.24) is 14.8 Å². The lowest BCUT2D eigenvalue weighted by Gasteiger charge is -2.44. The predicted molar refractivity (Wildman–Crippen MR) is 141 cm³/mol. The lowest BCUT2D eigenvalue weighted by molar-refractivity contribution is -0.776. The highest BCUT2D eigenvalue weighted by molar-refractivity contribution is 5.91. The fraction of sp³-hybridized carbons (Fsp3) is 0.552. The van der Waals surface area contributed by atoms with Gasteiger partial charge in [0.05, 0.1) is 11.3 Å². The van der Waals surface area contributed by atoms with Crippen LogP contribution in [0.4, 0.5) is 0 Å². The van der Waals surface area contributed by atoms with Crippen molar-refractivity contribution >= 4 is 11.8 Å². The van der Waals surface area contributed by atoms with Crippen LogP contribution in [0.5, 0.6) is 0 Å². The van der Waals surface area contributed by atoms with Crippen LogP contribution in [0.3, 0.4) is 0 Å². The summed E-state index contributed by atoms with van der Waals surface area (Å²) < 4.78 is 0. The maximum absolute atomic E-state index is 13.5. The summed E-state index contributed by atoms with van der Waals surface area (Å²) in [7, 11) is 2.20. The molecule has 1 saturated heterocycles. The minimum absolute atomic E-state index is 0.160. The zero-order valence-corrected chi connectivity index (χ0v) is 22.0. The van der Waals surface area contributed by atoms with Gasteiger partial charge in [0.25, 0.3) is 5.91 Å². The smallest absolute Gasteiger partial charge is 0.344 e. The Balaban J connectivity index is 1.45. The topological polar surface area (TPSA) is 81.0 Å². The zero-order chi connectivity index (χ0) is 25.8. The van der Waals surface area contributed by atoms with E-state index in [1.54, 1.807) is 18.3 Å². The first-order valence-electron chi connectivity index (χ1n) is 13.4. The van der Waals surface area contributed by atoms with Crippen molar-refractivity contribution < 1.29 is 14.7 Å². The molecule has 7 nitrogen and oxygen atoms in total. The van der Waals surface area contributed by atoms with Gasteiger partial charge in [-0.05, 0) is 64.6 Å². The van der Waals surface area contributed by atoms with Gasteiger partial charge in [-0.1, -0.05) is 43.7 Å². The second-order valence-electron chi connectivity index (χ2n) is 10.7. The first-order chi connectivity index (χ1) is 17.3. The molecule has 1 saturated carbocycles. The Morgan fingerprint density at radius 3 is 2.64 bits per heavy atom. The molecule has 0 radical (unpaired) electrons. The second kappa shape index (κ2) is 11.6. The van der Waals surface area contributed by atoms with Crippen LogP contribution in [0.1, 0.15) is 69.7 Å². The molecule has 2 aliphatic rings. The Hall–Kier alpha value is -2.61. The van der Waals surface area contributed by atoms with Gasteiger partial charge in [-0.2, -0.15) is 0 Å². The third-order valence-electron chi connectivity index (χ3n) is 8.24. The Morgan fingerprint density at radius 2 is 1.94 bits per heavy atom. The molecule has 2 amide bonds. The number of rotatable bonds is 8. The molecule has 194 valence electrons. The lowest BCUT2D eigenvalue weighted by atomic mass is 9.77. The van der Waals surface area contributed by atoms with Crippen LogP contribution in [-0.2, 0) is 4.79 Å². The summed E-state index contributed by atoms with van der Waals surface area (Å²) in [5, 5.41) is 12.6. The molecule has 2 aromatic rings. The number of nitrogens with one attached hydrogen (secondary N) is 1. The predicted octanol–water partition coefficient (Wildman–Crippen LogP) is 3.55. The number of hydroxylamine groups is 2. The molecule has 0 bridgehead atoms. The highest BCUT2D eigenvalue weighted by atomic mass is 16.5. The third kappa shape index (κ3) is 5.53. The molecule has 36 heavy (non-hydrogen) atoms. The number of nitrogens with zero attached hydrogens (tertiary/aromatic N) is 3. The fourth-order valence-corrected chi connectivity index (χ4v) is 6.02. The highest BCUT2D eigenvalue weighted by Gasteiger charge is 2.45. The van der Waals surface area contributed by atoms with E-state index in [0.717, 1.165) is 37.7 Å². The van der Waals surface area contributed by atoms with Gasteiger partial charge in [0.15, 0.2) is 6.04 Å². The average molecular weight is 493 g/mol. The van der Waals surface area contributed by atoms with Crippen LogP contribution in [0, 0.1) is 11.1 Å². The van der Waals surface area contributed by atoms with Crippen LogP contribution < -0.4 is 5.06 Å². The molecule has 5 atom stereocenters. The molecule has 2 fully saturated rings. The van der Waals surface area contributed by atoms with Crippen molar-refractivity contribution in [2.75, 3.05) is 13.6 Å². The number of likely N-dealkylation sites (tertiary alicyclic amines) is 1. The van der Waals surface area contributed by atoms with Gasteiger partial charge in [-0.15, -0.1) is 0 Å². The van der Waals surface area contributed by atoms with E-state index in [4.69, 9.17) is 0 Å². The minimum atomic E-state index is -0.871. The number of hydrogen-bond acceptors (Lipinski definition) is 5. The first-order valence-corrected chi connectivity index (χ1v) is 13.4. The number of carbonyl (C=O) groups is 2. The van der Waals surface area contributed by atoms with E-state index in [0.29, 0.717) is 42.2 Å². The number of hydrogen-bond donors (Lipinski definition) is 1. The van der Waals surface area contributed by atoms with Crippen LogP contribution in [0.25, 0.3) is 11.3 Å². The Morgan fingerprint density at radius 1 is 1.19 bits per heavy atom. The molecule has 7 heteroatoms. The van der Waals surface area contributed by atoms with Crippen molar-refractivity contribution in [2.45, 2.75) is 83.5 Å². The first kappa shape index (κ1) is 26.5. The molecule has 1 aliphatic carbocycles. The maximum atomic E-state index is 13.5. The highest BCUT2D eigenvalue weighted by Crippen LogP contribution is 2.36. The summed E-state index contributed by atoms with van der Waals surface area (Å²) in [6, 6.07) is 13.1. The Labute approximate surface area is 215 Å². The molecule has 1 aromatic carbocycles. The van der Waals surface area contributed by atoms with Crippen LogP contribution in [0.15, 0.2) is 48.7 Å². The lowest BCUT2D eigenvalue weighted by Crippen LogP contribution is -3.14. The van der Waals surface area contributed by atoms with Gasteiger partial charge < -0.3 is 15.0 Å². The van der Waals surface area contributed by atoms with E-state index in [1.165, 1.54) is 0 Å². The van der Waals surface area contributed by atoms with Gasteiger partial charge in [0.2, 0.25) is 0 Å². The van der Waals surface area contributed by atoms with Crippen molar-refractivity contribution in [1.29, 1.82) is 0 Å². The average Bonchev–Trinajstić information content (AvgIpc) is 3.28. The van der Waals surface area contributed by atoms with Gasteiger partial charge in [-0.3, -0.25) is 14.8 Å². The van der Waals surface area contributed by atoms with E-state index < -0.39 is 17.0 Å². The second-order valence-corrected chi connectivity index (χ2v) is 10.7. The van der Waals surface area contributed by atoms with Gasteiger partial charge in [0.1, 0.15) is 0 Å². The number of carbonyl (C=O) groups excluding carboxylic acids is 2. The molecule has 1 unspecified atom stereocenters.